The Morgan fingerprint density at radius 3 is 2.40 bits per heavy atom. The Morgan fingerprint density at radius 1 is 0.920 bits per heavy atom. The third kappa shape index (κ3) is 5.11. The second-order valence-corrected chi connectivity index (χ2v) is 14.0. The molecule has 0 spiro atoms. The smallest absolute Gasteiger partial charge is 0.303 e. The van der Waals surface area contributed by atoms with Gasteiger partial charge in [0.2, 0.25) is 23.6 Å². The number of phenols is 1. The number of carboxylic acids is 1. The van der Waals surface area contributed by atoms with Gasteiger partial charge in [0.15, 0.2) is 0 Å². The molecule has 3 fully saturated rings. The molecule has 7 rings (SSSR count). The van der Waals surface area contributed by atoms with Gasteiger partial charge in [-0.25, -0.2) is 4.90 Å². The van der Waals surface area contributed by atoms with Crippen molar-refractivity contribution in [1.82, 2.24) is 4.90 Å². The summed E-state index contributed by atoms with van der Waals surface area (Å²) in [4.78, 5) is 71.6. The summed E-state index contributed by atoms with van der Waals surface area (Å²) >= 11 is 6.37. The van der Waals surface area contributed by atoms with Gasteiger partial charge in [-0.2, -0.15) is 0 Å². The fraction of sp³-hybridized carbons (Fsp3) is 0.359. The van der Waals surface area contributed by atoms with E-state index in [1.807, 2.05) is 36.4 Å². The highest BCUT2D eigenvalue weighted by atomic mass is 35.5. The number of methoxy groups -OCH3 is 1. The minimum atomic E-state index is -1.54. The molecule has 3 aromatic carbocycles. The molecule has 3 aromatic rings. The van der Waals surface area contributed by atoms with Crippen LogP contribution in [0.4, 0.5) is 5.69 Å². The molecule has 2 aliphatic heterocycles. The first kappa shape index (κ1) is 33.5. The third-order valence-corrected chi connectivity index (χ3v) is 11.3. The van der Waals surface area contributed by atoms with Gasteiger partial charge in [-0.15, -0.1) is 0 Å². The molecule has 1 saturated carbocycles. The van der Waals surface area contributed by atoms with Gasteiger partial charge < -0.3 is 14.9 Å². The molecule has 4 amide bonds. The lowest BCUT2D eigenvalue weighted by Gasteiger charge is -2.51. The summed E-state index contributed by atoms with van der Waals surface area (Å²) in [5.41, 5.74) is 0.402. The van der Waals surface area contributed by atoms with Crippen molar-refractivity contribution in [3.8, 4) is 11.5 Å². The maximum absolute atomic E-state index is 15.3. The summed E-state index contributed by atoms with van der Waals surface area (Å²) in [6.07, 6.45) is 3.81. The van der Waals surface area contributed by atoms with Crippen LogP contribution in [0.3, 0.4) is 0 Å². The summed E-state index contributed by atoms with van der Waals surface area (Å²) < 4.78 is 5.82. The molecule has 0 bridgehead atoms. The molecule has 258 valence electrons. The van der Waals surface area contributed by atoms with Gasteiger partial charge >= 0.3 is 5.97 Å². The minimum absolute atomic E-state index is 0.0170. The number of carbonyl (C=O) groups is 5. The number of rotatable bonds is 10. The molecule has 10 nitrogen and oxygen atoms in total. The highest BCUT2D eigenvalue weighted by molar-refractivity contribution is 6.32. The molecule has 2 saturated heterocycles. The van der Waals surface area contributed by atoms with Crippen molar-refractivity contribution in [3.63, 3.8) is 0 Å². The minimum Gasteiger partial charge on any atom is -0.508 e. The van der Waals surface area contributed by atoms with Gasteiger partial charge in [0.25, 0.3) is 0 Å². The van der Waals surface area contributed by atoms with E-state index in [9.17, 15) is 24.3 Å². The van der Waals surface area contributed by atoms with Crippen molar-refractivity contribution in [2.45, 2.75) is 49.9 Å². The SMILES string of the molecule is COc1cccc(O)c1[C@H]1C2=CC[C@@H]3C(=O)N(CCCCCC(=O)O)C(=O)[C@@H]3[C@@H]2C[C@H]2C(=O)N(c3cccc(Cl)c3)C(=O)[C@@]12c1ccccc1. The molecule has 6 atom stereocenters. The van der Waals surface area contributed by atoms with Gasteiger partial charge in [-0.1, -0.05) is 72.1 Å². The van der Waals surface area contributed by atoms with Crippen LogP contribution in [-0.2, 0) is 29.4 Å². The summed E-state index contributed by atoms with van der Waals surface area (Å²) in [5, 5.41) is 21.0. The average molecular weight is 697 g/mol. The molecule has 0 radical (unpaired) electrons. The van der Waals surface area contributed by atoms with Crippen LogP contribution in [0.25, 0.3) is 0 Å². The van der Waals surface area contributed by atoms with Crippen LogP contribution in [0.5, 0.6) is 11.5 Å². The number of hydrogen-bond acceptors (Lipinski definition) is 7. The van der Waals surface area contributed by atoms with E-state index in [1.54, 1.807) is 36.4 Å². The van der Waals surface area contributed by atoms with Gasteiger partial charge in [-0.05, 0) is 67.5 Å². The molecule has 0 aromatic heterocycles. The molecule has 11 heteroatoms. The Labute approximate surface area is 294 Å². The second-order valence-electron chi connectivity index (χ2n) is 13.5. The number of aromatic hydroxyl groups is 1. The van der Waals surface area contributed by atoms with Crippen LogP contribution in [0.2, 0.25) is 5.02 Å². The normalized spacial score (nSPS) is 27.2. The number of aliphatic carboxylic acids is 1. The number of fused-ring (bicyclic) bond motifs is 4. The van der Waals surface area contributed by atoms with E-state index in [0.29, 0.717) is 52.4 Å². The third-order valence-electron chi connectivity index (χ3n) is 11.1. The number of phenolic OH excluding ortho intramolecular Hbond substituents is 1. The highest BCUT2D eigenvalue weighted by Gasteiger charge is 2.70. The zero-order valence-corrected chi connectivity index (χ0v) is 28.2. The number of hydrogen-bond donors (Lipinski definition) is 2. The number of carbonyl (C=O) groups excluding carboxylic acids is 4. The number of halogens is 1. The maximum Gasteiger partial charge on any atom is 0.303 e. The maximum atomic E-state index is 15.3. The van der Waals surface area contributed by atoms with E-state index in [4.69, 9.17) is 21.4 Å². The van der Waals surface area contributed by atoms with Crippen LogP contribution >= 0.6 is 11.6 Å². The average Bonchev–Trinajstić information content (AvgIpc) is 3.49. The number of carboxylic acid groups (broad SMARTS) is 1. The van der Waals surface area contributed by atoms with Gasteiger partial charge in [-0.3, -0.25) is 28.9 Å². The van der Waals surface area contributed by atoms with Crippen molar-refractivity contribution in [2.24, 2.45) is 23.7 Å². The molecular formula is C39H37ClN2O8. The van der Waals surface area contributed by atoms with Crippen LogP contribution in [0.15, 0.2) is 84.4 Å². The fourth-order valence-electron chi connectivity index (χ4n) is 9.07. The van der Waals surface area contributed by atoms with Gasteiger partial charge in [0.05, 0.1) is 36.0 Å². The number of ether oxygens (including phenoxy) is 1. The van der Waals surface area contributed by atoms with E-state index >= 15 is 4.79 Å². The standard InChI is InChI=1S/C39H37ClN2O8/c1-50-30-15-9-14-29(43)33(30)34-25-17-18-26-32(37(48)41(35(26)46)19-7-3-6-16-31(44)45)27(25)21-28-36(47)42(24-13-8-12-23(40)20-24)38(49)39(28,34)22-10-4-2-5-11-22/h2,4-5,8-15,17,20,26-28,32,34,43H,3,6-7,16,18-19,21H2,1H3,(H,44,45)/t26-,27+,28-,32-,34+,39+/m0/s1. The van der Waals surface area contributed by atoms with Gasteiger partial charge in [0.1, 0.15) is 11.5 Å². The zero-order valence-electron chi connectivity index (χ0n) is 27.5. The number of anilines is 1. The van der Waals surface area contributed by atoms with Gasteiger partial charge in [0, 0.05) is 29.5 Å². The van der Waals surface area contributed by atoms with Crippen molar-refractivity contribution in [2.75, 3.05) is 18.6 Å². The first-order chi connectivity index (χ1) is 24.1. The zero-order chi connectivity index (χ0) is 35.3. The fourth-order valence-corrected chi connectivity index (χ4v) is 9.25. The number of unbranched alkanes of at least 4 members (excludes halogenated alkanes) is 2. The molecular weight excluding hydrogens is 660 g/mol. The van der Waals surface area contributed by atoms with E-state index in [2.05, 4.69) is 0 Å². The first-order valence-electron chi connectivity index (χ1n) is 16.9. The lowest BCUT2D eigenvalue weighted by molar-refractivity contribution is -0.141. The Morgan fingerprint density at radius 2 is 1.68 bits per heavy atom. The highest BCUT2D eigenvalue weighted by Crippen LogP contribution is 2.66. The Kier molecular flexibility index (Phi) is 8.76. The first-order valence-corrected chi connectivity index (χ1v) is 17.3. The number of benzene rings is 3. The van der Waals surface area contributed by atoms with E-state index in [0.717, 1.165) is 0 Å². The number of amides is 4. The molecule has 4 aliphatic rings. The number of likely N-dealkylation sites (tertiary alicyclic amines) is 1. The summed E-state index contributed by atoms with van der Waals surface area (Å²) in [5.74, 6) is -6.11. The van der Waals surface area contributed by atoms with Crippen LogP contribution in [-0.4, -0.2) is 58.4 Å². The number of allylic oxidation sites excluding steroid dienone is 2. The lowest BCUT2D eigenvalue weighted by atomic mass is 9.49. The summed E-state index contributed by atoms with van der Waals surface area (Å²) in [7, 11) is 1.48. The summed E-state index contributed by atoms with van der Waals surface area (Å²) in [6, 6.07) is 20.5. The topological polar surface area (TPSA) is 142 Å². The van der Waals surface area contributed by atoms with E-state index in [-0.39, 0.29) is 43.4 Å². The Hall–Kier alpha value is -4.96. The molecule has 50 heavy (non-hydrogen) atoms. The van der Waals surface area contributed by atoms with E-state index < -0.39 is 52.8 Å². The lowest BCUT2D eigenvalue weighted by Crippen LogP contribution is -2.53. The van der Waals surface area contributed by atoms with Crippen molar-refractivity contribution >= 4 is 46.9 Å². The largest absolute Gasteiger partial charge is 0.508 e. The monoisotopic (exact) mass is 696 g/mol. The predicted molar refractivity (Wildman–Crippen MR) is 184 cm³/mol. The molecule has 2 aliphatic carbocycles. The van der Waals surface area contributed by atoms with Crippen LogP contribution in [0, 0.1) is 23.7 Å². The molecule has 2 N–H and O–H groups in total. The molecule has 0 unspecified atom stereocenters. The quantitative estimate of drug-likeness (QED) is 0.153. The van der Waals surface area contributed by atoms with Crippen LogP contribution in [0.1, 0.15) is 55.6 Å². The Balaban J connectivity index is 1.39. The van der Waals surface area contributed by atoms with Crippen molar-refractivity contribution in [1.29, 1.82) is 0 Å². The Bertz CT molecular complexity index is 1930. The predicted octanol–water partition coefficient (Wildman–Crippen LogP) is 5.86. The van der Waals surface area contributed by atoms with E-state index in [1.165, 1.54) is 23.0 Å². The number of nitrogens with zero attached hydrogens (tertiary/aromatic N) is 2. The van der Waals surface area contributed by atoms with Crippen LogP contribution < -0.4 is 9.64 Å². The number of imide groups is 2. The van der Waals surface area contributed by atoms with Crippen molar-refractivity contribution < 1.29 is 38.9 Å². The van der Waals surface area contributed by atoms with Crippen molar-refractivity contribution in [3.05, 3.63) is 101 Å². The summed E-state index contributed by atoms with van der Waals surface area (Å²) in [6.45, 7) is 0.181. The molecule has 2 heterocycles. The second kappa shape index (κ2) is 13.1.